The normalized spacial score (nSPS) is 11.6. The molecule has 0 aliphatic heterocycles. The van der Waals surface area contributed by atoms with Gasteiger partial charge in [-0.05, 0) is 43.7 Å². The Hall–Kier alpha value is -2.80. The van der Waals surface area contributed by atoms with Gasteiger partial charge in [0.05, 0.1) is 10.6 Å². The van der Waals surface area contributed by atoms with Gasteiger partial charge < -0.3 is 10.2 Å². The van der Waals surface area contributed by atoms with E-state index in [0.29, 0.717) is 16.1 Å². The maximum Gasteiger partial charge on any atom is 0.266 e. The van der Waals surface area contributed by atoms with Gasteiger partial charge in [0, 0.05) is 36.1 Å². The monoisotopic (exact) mass is 410 g/mol. The van der Waals surface area contributed by atoms with Crippen LogP contribution in [-0.2, 0) is 5.41 Å². The fourth-order valence-corrected chi connectivity index (χ4v) is 4.16. The van der Waals surface area contributed by atoms with Crippen LogP contribution in [0.15, 0.2) is 24.3 Å². The first-order valence-electron chi connectivity index (χ1n) is 9.40. The van der Waals surface area contributed by atoms with E-state index in [4.69, 9.17) is 4.98 Å². The Morgan fingerprint density at radius 1 is 1.03 bits per heavy atom. The molecule has 0 atom stereocenters. The van der Waals surface area contributed by atoms with Gasteiger partial charge in [0.1, 0.15) is 10.7 Å². The van der Waals surface area contributed by atoms with Gasteiger partial charge in [-0.2, -0.15) is 0 Å². The number of anilines is 1. The van der Waals surface area contributed by atoms with Gasteiger partial charge in [0.15, 0.2) is 0 Å². The zero-order chi connectivity index (χ0) is 21.5. The molecule has 0 spiro atoms. The van der Waals surface area contributed by atoms with Crippen molar-refractivity contribution >= 4 is 39.1 Å². The minimum atomic E-state index is -0.186. The van der Waals surface area contributed by atoms with E-state index < -0.39 is 0 Å². The lowest BCUT2D eigenvalue weighted by Crippen LogP contribution is -2.21. The molecule has 0 saturated heterocycles. The van der Waals surface area contributed by atoms with Crippen LogP contribution >= 0.6 is 11.3 Å². The van der Waals surface area contributed by atoms with Crippen molar-refractivity contribution in [1.29, 1.82) is 0 Å². The second-order valence-electron chi connectivity index (χ2n) is 8.35. The molecule has 7 heteroatoms. The van der Waals surface area contributed by atoms with Crippen LogP contribution < -0.4 is 5.32 Å². The molecule has 3 aromatic rings. The highest BCUT2D eigenvalue weighted by Gasteiger charge is 2.23. The van der Waals surface area contributed by atoms with Gasteiger partial charge in [0.2, 0.25) is 0 Å². The molecular formula is C22H26N4O2S. The maximum absolute atomic E-state index is 12.9. The zero-order valence-electron chi connectivity index (χ0n) is 17.9. The van der Waals surface area contributed by atoms with Crippen molar-refractivity contribution in [2.45, 2.75) is 40.0 Å². The fraction of sp³-hybridized carbons (Fsp3) is 0.364. The van der Waals surface area contributed by atoms with E-state index in [1.165, 1.54) is 16.2 Å². The average molecular weight is 411 g/mol. The van der Waals surface area contributed by atoms with E-state index in [9.17, 15) is 9.59 Å². The second kappa shape index (κ2) is 7.55. The number of hydrogen-bond donors (Lipinski definition) is 1. The van der Waals surface area contributed by atoms with Crippen LogP contribution in [0.2, 0.25) is 0 Å². The first-order valence-corrected chi connectivity index (χ1v) is 10.2. The summed E-state index contributed by atoms with van der Waals surface area (Å²) in [5, 5.41) is 3.86. The van der Waals surface area contributed by atoms with E-state index in [1.807, 2.05) is 13.8 Å². The summed E-state index contributed by atoms with van der Waals surface area (Å²) in [7, 11) is 3.41. The number of aromatic nitrogens is 2. The van der Waals surface area contributed by atoms with Gasteiger partial charge in [-0.15, -0.1) is 11.3 Å². The number of carbonyl (C=O) groups is 2. The number of amides is 2. The Balaban J connectivity index is 1.90. The van der Waals surface area contributed by atoms with Crippen molar-refractivity contribution in [3.05, 3.63) is 51.8 Å². The molecular weight excluding hydrogens is 384 g/mol. The number of nitrogens with one attached hydrogen (secondary N) is 1. The predicted molar refractivity (Wildman–Crippen MR) is 118 cm³/mol. The van der Waals surface area contributed by atoms with E-state index in [0.717, 1.165) is 27.3 Å². The van der Waals surface area contributed by atoms with Crippen LogP contribution in [0.3, 0.4) is 0 Å². The summed E-state index contributed by atoms with van der Waals surface area (Å²) in [6.07, 6.45) is 0. The quantitative estimate of drug-likeness (QED) is 0.687. The lowest BCUT2D eigenvalue weighted by atomic mass is 9.95. The third kappa shape index (κ3) is 4.15. The maximum atomic E-state index is 12.9. The topological polar surface area (TPSA) is 75.2 Å². The summed E-state index contributed by atoms with van der Waals surface area (Å²) < 4.78 is 0. The smallest absolute Gasteiger partial charge is 0.266 e. The lowest BCUT2D eigenvalue weighted by molar-refractivity contribution is 0.0827. The summed E-state index contributed by atoms with van der Waals surface area (Å²) in [6, 6.07) is 6.89. The number of hydrogen-bond acceptors (Lipinski definition) is 5. The Morgan fingerprint density at radius 3 is 2.21 bits per heavy atom. The predicted octanol–water partition coefficient (Wildman–Crippen LogP) is 4.56. The molecule has 6 nitrogen and oxygen atoms in total. The summed E-state index contributed by atoms with van der Waals surface area (Å²) >= 11 is 1.38. The van der Waals surface area contributed by atoms with Crippen LogP contribution in [0, 0.1) is 13.8 Å². The summed E-state index contributed by atoms with van der Waals surface area (Å²) in [4.78, 5) is 37.2. The van der Waals surface area contributed by atoms with Gasteiger partial charge in [-0.1, -0.05) is 20.8 Å². The Labute approximate surface area is 175 Å². The van der Waals surface area contributed by atoms with Gasteiger partial charge in [-0.3, -0.25) is 9.59 Å². The molecule has 0 fully saturated rings. The SMILES string of the molecule is Cc1nc(C(C)(C)C)nc2sc(C(=O)Nc3ccc(C(=O)N(C)C)cc3)c(C)c12. The Bertz CT molecular complexity index is 1090. The van der Waals surface area contributed by atoms with Crippen molar-refractivity contribution in [3.8, 4) is 0 Å². The number of fused-ring (bicyclic) bond motifs is 1. The van der Waals surface area contributed by atoms with Gasteiger partial charge in [-0.25, -0.2) is 9.97 Å². The van der Waals surface area contributed by atoms with Crippen molar-refractivity contribution in [2.75, 3.05) is 19.4 Å². The summed E-state index contributed by atoms with van der Waals surface area (Å²) in [5.74, 6) is 0.512. The third-order valence-corrected chi connectivity index (χ3v) is 5.83. The first-order chi connectivity index (χ1) is 13.5. The number of carbonyl (C=O) groups excluding carboxylic acids is 2. The molecule has 0 aliphatic carbocycles. The molecule has 0 unspecified atom stereocenters. The molecule has 0 aliphatic rings. The number of nitrogens with zero attached hydrogens (tertiary/aromatic N) is 3. The van der Waals surface area contributed by atoms with Crippen LogP contribution in [0.4, 0.5) is 5.69 Å². The summed E-state index contributed by atoms with van der Waals surface area (Å²) in [5.41, 5.74) is 2.83. The second-order valence-corrected chi connectivity index (χ2v) is 9.35. The zero-order valence-corrected chi connectivity index (χ0v) is 18.7. The lowest BCUT2D eigenvalue weighted by Gasteiger charge is -2.16. The Kier molecular flexibility index (Phi) is 5.45. The van der Waals surface area contributed by atoms with E-state index in [-0.39, 0.29) is 17.2 Å². The van der Waals surface area contributed by atoms with Crippen LogP contribution in [0.5, 0.6) is 0 Å². The summed E-state index contributed by atoms with van der Waals surface area (Å²) in [6.45, 7) is 10.1. The highest BCUT2D eigenvalue weighted by Crippen LogP contribution is 2.33. The van der Waals surface area contributed by atoms with Crippen LogP contribution in [-0.4, -0.2) is 40.8 Å². The molecule has 3 rings (SSSR count). The highest BCUT2D eigenvalue weighted by molar-refractivity contribution is 7.20. The molecule has 1 N–H and O–H groups in total. The van der Waals surface area contributed by atoms with Crippen LogP contribution in [0.1, 0.15) is 57.9 Å². The van der Waals surface area contributed by atoms with Crippen molar-refractivity contribution in [3.63, 3.8) is 0 Å². The first kappa shape index (κ1) is 20.9. The van der Waals surface area contributed by atoms with Gasteiger partial charge >= 0.3 is 0 Å². The van der Waals surface area contributed by atoms with Crippen LogP contribution in [0.25, 0.3) is 10.2 Å². The average Bonchev–Trinajstić information content (AvgIpc) is 2.98. The highest BCUT2D eigenvalue weighted by atomic mass is 32.1. The molecule has 29 heavy (non-hydrogen) atoms. The molecule has 0 bridgehead atoms. The minimum absolute atomic E-state index is 0.0769. The number of rotatable bonds is 3. The van der Waals surface area contributed by atoms with Gasteiger partial charge in [0.25, 0.3) is 11.8 Å². The molecule has 0 saturated carbocycles. The standard InChI is InChI=1S/C22H26N4O2S/c1-12-16-13(2)23-21(22(3,4)5)25-19(16)29-17(12)18(27)24-15-10-8-14(9-11-15)20(28)26(6)7/h8-11H,1-7H3,(H,24,27). The van der Waals surface area contributed by atoms with Crippen molar-refractivity contribution in [2.24, 2.45) is 0 Å². The third-order valence-electron chi connectivity index (χ3n) is 4.64. The van der Waals surface area contributed by atoms with Crippen molar-refractivity contribution in [1.82, 2.24) is 14.9 Å². The largest absolute Gasteiger partial charge is 0.345 e. The minimum Gasteiger partial charge on any atom is -0.345 e. The van der Waals surface area contributed by atoms with E-state index >= 15 is 0 Å². The fourth-order valence-electron chi connectivity index (χ4n) is 3.03. The molecule has 1 aromatic carbocycles. The Morgan fingerprint density at radius 2 is 1.66 bits per heavy atom. The number of aryl methyl sites for hydroxylation is 2. The van der Waals surface area contributed by atoms with Crippen molar-refractivity contribution < 1.29 is 9.59 Å². The number of benzene rings is 1. The molecule has 2 heterocycles. The van der Waals surface area contributed by atoms with E-state index in [2.05, 4.69) is 31.1 Å². The number of thiophene rings is 1. The molecule has 0 radical (unpaired) electrons. The molecule has 2 aromatic heterocycles. The molecule has 2 amide bonds. The molecule has 152 valence electrons. The van der Waals surface area contributed by atoms with E-state index in [1.54, 1.807) is 38.4 Å².